The molecule has 24 heavy (non-hydrogen) atoms. The van der Waals surface area contributed by atoms with Crippen LogP contribution < -0.4 is 15.8 Å². The summed E-state index contributed by atoms with van der Waals surface area (Å²) < 4.78 is 5.87. The number of carbonyl (C=O) groups is 1. The lowest BCUT2D eigenvalue weighted by Gasteiger charge is -2.22. The summed E-state index contributed by atoms with van der Waals surface area (Å²) in [7, 11) is 0. The van der Waals surface area contributed by atoms with Crippen molar-refractivity contribution < 1.29 is 9.53 Å². The molecular weight excluding hydrogens is 300 g/mol. The van der Waals surface area contributed by atoms with E-state index in [9.17, 15) is 4.79 Å². The van der Waals surface area contributed by atoms with Crippen LogP contribution >= 0.6 is 0 Å². The van der Waals surface area contributed by atoms with E-state index >= 15 is 0 Å². The topological polar surface area (TPSA) is 64.3 Å². The number of amides is 1. The second kappa shape index (κ2) is 8.50. The minimum Gasteiger partial charge on any atom is -0.489 e. The molecule has 3 unspecified atom stereocenters. The highest BCUT2D eigenvalue weighted by atomic mass is 16.5. The molecule has 3 N–H and O–H groups in total. The average molecular weight is 326 g/mol. The van der Waals surface area contributed by atoms with Gasteiger partial charge in [0.25, 0.3) is 0 Å². The highest BCUT2D eigenvalue weighted by Gasteiger charge is 2.22. The zero-order valence-corrected chi connectivity index (χ0v) is 14.5. The Morgan fingerprint density at radius 2 is 1.71 bits per heavy atom. The second-order valence-corrected chi connectivity index (χ2v) is 6.16. The summed E-state index contributed by atoms with van der Waals surface area (Å²) in [5.74, 6) is 0.470. The van der Waals surface area contributed by atoms with Crippen LogP contribution in [-0.2, 0) is 4.79 Å². The molecule has 2 rings (SSSR count). The predicted octanol–water partition coefficient (Wildman–Crippen LogP) is 3.21. The number of aryl methyl sites for hydroxylation is 1. The van der Waals surface area contributed by atoms with Crippen LogP contribution in [0.15, 0.2) is 54.6 Å². The number of nitrogens with one attached hydrogen (secondary N) is 1. The lowest BCUT2D eigenvalue weighted by molar-refractivity contribution is -0.125. The molecule has 0 bridgehead atoms. The maximum atomic E-state index is 12.3. The first-order valence-electron chi connectivity index (χ1n) is 8.29. The molecule has 0 saturated carbocycles. The Hall–Kier alpha value is -2.33. The summed E-state index contributed by atoms with van der Waals surface area (Å²) >= 11 is 0. The molecule has 4 heteroatoms. The Morgan fingerprint density at radius 1 is 1.08 bits per heavy atom. The molecule has 2 aromatic carbocycles. The third-order valence-electron chi connectivity index (χ3n) is 4.12. The average Bonchev–Trinajstić information content (AvgIpc) is 2.61. The highest BCUT2D eigenvalue weighted by molar-refractivity contribution is 5.79. The Labute approximate surface area is 144 Å². The molecule has 3 atom stereocenters. The molecule has 0 radical (unpaired) electrons. The number of benzene rings is 2. The molecule has 2 aromatic rings. The van der Waals surface area contributed by atoms with Gasteiger partial charge in [-0.05, 0) is 31.0 Å². The van der Waals surface area contributed by atoms with Crippen LogP contribution in [0.3, 0.4) is 0 Å². The summed E-state index contributed by atoms with van der Waals surface area (Å²) in [6.45, 7) is 6.23. The standard InChI is InChI=1S/C20H26N2O2/c1-14-9-7-8-12-18(14)24-15(2)13-22-20(23)16(3)19(21)17-10-5-4-6-11-17/h4-12,15-16,19H,13,21H2,1-3H3,(H,22,23). The van der Waals surface area contributed by atoms with E-state index in [0.717, 1.165) is 16.9 Å². The smallest absolute Gasteiger partial charge is 0.224 e. The number of hydrogen-bond acceptors (Lipinski definition) is 3. The van der Waals surface area contributed by atoms with Gasteiger partial charge in [0.1, 0.15) is 11.9 Å². The van der Waals surface area contributed by atoms with Crippen molar-refractivity contribution in [2.75, 3.05) is 6.54 Å². The summed E-state index contributed by atoms with van der Waals surface area (Å²) in [6, 6.07) is 17.2. The van der Waals surface area contributed by atoms with E-state index in [1.165, 1.54) is 0 Å². The first kappa shape index (κ1) is 18.0. The lowest BCUT2D eigenvalue weighted by Crippen LogP contribution is -2.40. The van der Waals surface area contributed by atoms with Crippen LogP contribution in [0.5, 0.6) is 5.75 Å². The van der Waals surface area contributed by atoms with Gasteiger partial charge < -0.3 is 15.8 Å². The Balaban J connectivity index is 1.85. The molecule has 0 saturated heterocycles. The summed E-state index contributed by atoms with van der Waals surface area (Å²) in [5, 5.41) is 2.93. The quantitative estimate of drug-likeness (QED) is 0.821. The molecule has 0 spiro atoms. The van der Waals surface area contributed by atoms with Crippen LogP contribution in [0.1, 0.15) is 31.0 Å². The van der Waals surface area contributed by atoms with Gasteiger partial charge in [-0.3, -0.25) is 4.79 Å². The molecule has 128 valence electrons. The van der Waals surface area contributed by atoms with E-state index in [2.05, 4.69) is 5.32 Å². The molecule has 0 aliphatic carbocycles. The van der Waals surface area contributed by atoms with Gasteiger partial charge in [-0.25, -0.2) is 0 Å². The van der Waals surface area contributed by atoms with E-state index in [4.69, 9.17) is 10.5 Å². The summed E-state index contributed by atoms with van der Waals surface area (Å²) in [4.78, 5) is 12.3. The van der Waals surface area contributed by atoms with Crippen molar-refractivity contribution in [1.82, 2.24) is 5.32 Å². The molecule has 0 aromatic heterocycles. The first-order chi connectivity index (χ1) is 11.5. The van der Waals surface area contributed by atoms with Gasteiger partial charge >= 0.3 is 0 Å². The fourth-order valence-electron chi connectivity index (χ4n) is 2.48. The lowest BCUT2D eigenvalue weighted by atomic mass is 9.94. The molecule has 0 heterocycles. The monoisotopic (exact) mass is 326 g/mol. The minimum absolute atomic E-state index is 0.0633. The Bertz CT molecular complexity index is 658. The number of ether oxygens (including phenoxy) is 1. The van der Waals surface area contributed by atoms with E-state index in [1.807, 2.05) is 75.4 Å². The van der Waals surface area contributed by atoms with Gasteiger partial charge in [0, 0.05) is 6.04 Å². The molecule has 0 aliphatic heterocycles. The summed E-state index contributed by atoms with van der Waals surface area (Å²) in [5.41, 5.74) is 8.24. The van der Waals surface area contributed by atoms with Crippen molar-refractivity contribution in [2.24, 2.45) is 11.7 Å². The molecule has 1 amide bonds. The van der Waals surface area contributed by atoms with E-state index in [-0.39, 0.29) is 24.0 Å². The van der Waals surface area contributed by atoms with E-state index in [0.29, 0.717) is 6.54 Å². The fourth-order valence-corrected chi connectivity index (χ4v) is 2.48. The van der Waals surface area contributed by atoms with Crippen molar-refractivity contribution in [3.63, 3.8) is 0 Å². The van der Waals surface area contributed by atoms with Gasteiger partial charge in [0.05, 0.1) is 12.5 Å². The van der Waals surface area contributed by atoms with Crippen LogP contribution in [0.4, 0.5) is 0 Å². The van der Waals surface area contributed by atoms with Crippen molar-refractivity contribution in [3.05, 3.63) is 65.7 Å². The highest BCUT2D eigenvalue weighted by Crippen LogP contribution is 2.20. The van der Waals surface area contributed by atoms with Crippen LogP contribution in [0.2, 0.25) is 0 Å². The van der Waals surface area contributed by atoms with Gasteiger partial charge in [0.15, 0.2) is 0 Å². The minimum atomic E-state index is -0.321. The van der Waals surface area contributed by atoms with Crippen molar-refractivity contribution in [1.29, 1.82) is 0 Å². The SMILES string of the molecule is Cc1ccccc1OC(C)CNC(=O)C(C)C(N)c1ccccc1. The maximum Gasteiger partial charge on any atom is 0.224 e. The third-order valence-corrected chi connectivity index (χ3v) is 4.12. The van der Waals surface area contributed by atoms with Crippen LogP contribution in [-0.4, -0.2) is 18.6 Å². The Kier molecular flexibility index (Phi) is 6.38. The number of hydrogen-bond donors (Lipinski definition) is 2. The molecular formula is C20H26N2O2. The number of para-hydroxylation sites is 1. The first-order valence-corrected chi connectivity index (χ1v) is 8.29. The van der Waals surface area contributed by atoms with Gasteiger partial charge in [0.2, 0.25) is 5.91 Å². The predicted molar refractivity (Wildman–Crippen MR) is 96.8 cm³/mol. The van der Waals surface area contributed by atoms with Crippen LogP contribution in [0.25, 0.3) is 0 Å². The maximum absolute atomic E-state index is 12.3. The zero-order chi connectivity index (χ0) is 17.5. The van der Waals surface area contributed by atoms with Crippen molar-refractivity contribution in [3.8, 4) is 5.75 Å². The van der Waals surface area contributed by atoms with Crippen molar-refractivity contribution >= 4 is 5.91 Å². The van der Waals surface area contributed by atoms with E-state index < -0.39 is 0 Å². The van der Waals surface area contributed by atoms with Crippen LogP contribution in [0, 0.1) is 12.8 Å². The number of carbonyl (C=O) groups excluding carboxylic acids is 1. The normalized spacial score (nSPS) is 14.5. The molecule has 0 aliphatic rings. The zero-order valence-electron chi connectivity index (χ0n) is 14.5. The number of nitrogens with two attached hydrogens (primary N) is 1. The van der Waals surface area contributed by atoms with E-state index in [1.54, 1.807) is 0 Å². The van der Waals surface area contributed by atoms with Crippen molar-refractivity contribution in [2.45, 2.75) is 32.9 Å². The summed E-state index contributed by atoms with van der Waals surface area (Å²) in [6.07, 6.45) is -0.116. The number of rotatable bonds is 7. The second-order valence-electron chi connectivity index (χ2n) is 6.16. The third kappa shape index (κ3) is 4.83. The Morgan fingerprint density at radius 3 is 2.38 bits per heavy atom. The van der Waals surface area contributed by atoms with Gasteiger partial charge in [-0.2, -0.15) is 0 Å². The van der Waals surface area contributed by atoms with Gasteiger partial charge in [-0.15, -0.1) is 0 Å². The van der Waals surface area contributed by atoms with Gasteiger partial charge in [-0.1, -0.05) is 55.5 Å². The fraction of sp³-hybridized carbons (Fsp3) is 0.350. The molecule has 0 fully saturated rings. The largest absolute Gasteiger partial charge is 0.489 e. The molecule has 4 nitrogen and oxygen atoms in total.